The first-order valence-electron chi connectivity index (χ1n) is 6.66. The Kier molecular flexibility index (Phi) is 4.89. The molecule has 0 spiro atoms. The third kappa shape index (κ3) is 4.32. The fourth-order valence-corrected chi connectivity index (χ4v) is 1.90. The summed E-state index contributed by atoms with van der Waals surface area (Å²) >= 11 is 0. The van der Waals surface area contributed by atoms with Crippen molar-refractivity contribution in [3.05, 3.63) is 77.4 Å². The van der Waals surface area contributed by atoms with E-state index >= 15 is 0 Å². The molecule has 0 N–H and O–H groups in total. The quantitative estimate of drug-likeness (QED) is 0.805. The van der Waals surface area contributed by atoms with Crippen molar-refractivity contribution in [2.75, 3.05) is 7.05 Å². The normalized spacial score (nSPS) is 10.3. The van der Waals surface area contributed by atoms with Gasteiger partial charge in [-0.1, -0.05) is 42.5 Å². The molecule has 0 saturated heterocycles. The number of carbonyl (C=O) groups excluding carboxylic acids is 1. The predicted molar refractivity (Wildman–Crippen MR) is 83.1 cm³/mol. The summed E-state index contributed by atoms with van der Waals surface area (Å²) < 4.78 is 0. The van der Waals surface area contributed by atoms with E-state index in [0.717, 1.165) is 11.1 Å². The molecule has 3 nitrogen and oxygen atoms in total. The van der Waals surface area contributed by atoms with Crippen molar-refractivity contribution in [3.63, 3.8) is 0 Å². The topological polar surface area (TPSA) is 44.1 Å². The molecule has 21 heavy (non-hydrogen) atoms. The van der Waals surface area contributed by atoms with Gasteiger partial charge in [-0.2, -0.15) is 5.26 Å². The summed E-state index contributed by atoms with van der Waals surface area (Å²) in [5.74, 6) is -0.0526. The van der Waals surface area contributed by atoms with E-state index in [1.165, 1.54) is 0 Å². The highest BCUT2D eigenvalue weighted by Gasteiger charge is 2.05. The molecular weight excluding hydrogens is 260 g/mol. The van der Waals surface area contributed by atoms with Crippen LogP contribution in [0.4, 0.5) is 0 Å². The second kappa shape index (κ2) is 7.06. The lowest BCUT2D eigenvalue weighted by molar-refractivity contribution is -0.125. The van der Waals surface area contributed by atoms with Gasteiger partial charge in [-0.05, 0) is 29.3 Å². The van der Waals surface area contributed by atoms with Gasteiger partial charge in [0.15, 0.2) is 0 Å². The molecule has 0 radical (unpaired) electrons. The number of nitrogens with zero attached hydrogens (tertiary/aromatic N) is 2. The number of hydrogen-bond donors (Lipinski definition) is 0. The maximum atomic E-state index is 12.0. The fourth-order valence-electron chi connectivity index (χ4n) is 1.90. The molecular formula is C18H16N2O. The maximum Gasteiger partial charge on any atom is 0.246 e. The minimum Gasteiger partial charge on any atom is -0.338 e. The van der Waals surface area contributed by atoms with Crippen LogP contribution in [0.15, 0.2) is 60.7 Å². The minimum atomic E-state index is -0.0526. The lowest BCUT2D eigenvalue weighted by atomic mass is 10.1. The van der Waals surface area contributed by atoms with Gasteiger partial charge in [-0.3, -0.25) is 4.79 Å². The highest BCUT2D eigenvalue weighted by molar-refractivity contribution is 5.91. The highest BCUT2D eigenvalue weighted by atomic mass is 16.2. The van der Waals surface area contributed by atoms with Crippen LogP contribution in [0.3, 0.4) is 0 Å². The molecule has 2 rings (SSSR count). The molecule has 3 heteroatoms. The monoisotopic (exact) mass is 276 g/mol. The summed E-state index contributed by atoms with van der Waals surface area (Å²) in [5.41, 5.74) is 2.62. The number of hydrogen-bond acceptors (Lipinski definition) is 2. The summed E-state index contributed by atoms with van der Waals surface area (Å²) in [6.07, 6.45) is 3.37. The van der Waals surface area contributed by atoms with Gasteiger partial charge in [-0.15, -0.1) is 0 Å². The van der Waals surface area contributed by atoms with Gasteiger partial charge in [0.2, 0.25) is 5.91 Å². The SMILES string of the molecule is CN(Cc1ccc(C#N)cc1)C(=O)/C=C/c1ccccc1. The molecule has 0 aliphatic carbocycles. The summed E-state index contributed by atoms with van der Waals surface area (Å²) in [7, 11) is 1.76. The predicted octanol–water partition coefficient (Wildman–Crippen LogP) is 3.23. The van der Waals surface area contributed by atoms with Gasteiger partial charge in [0.1, 0.15) is 0 Å². The van der Waals surface area contributed by atoms with Crippen molar-refractivity contribution < 1.29 is 4.79 Å². The Morgan fingerprint density at radius 3 is 2.43 bits per heavy atom. The van der Waals surface area contributed by atoms with E-state index < -0.39 is 0 Å². The van der Waals surface area contributed by atoms with Crippen molar-refractivity contribution in [3.8, 4) is 6.07 Å². The number of carbonyl (C=O) groups is 1. The molecule has 0 bridgehead atoms. The number of amides is 1. The molecule has 104 valence electrons. The van der Waals surface area contributed by atoms with Crippen LogP contribution in [0.2, 0.25) is 0 Å². The second-order valence-electron chi connectivity index (χ2n) is 4.75. The third-order valence-electron chi connectivity index (χ3n) is 3.10. The molecule has 0 fully saturated rings. The van der Waals surface area contributed by atoms with Crippen LogP contribution in [-0.2, 0) is 11.3 Å². The number of nitriles is 1. The largest absolute Gasteiger partial charge is 0.338 e. The summed E-state index contributed by atoms with van der Waals surface area (Å²) in [6, 6.07) is 19.0. The molecule has 0 atom stereocenters. The smallest absolute Gasteiger partial charge is 0.246 e. The lowest BCUT2D eigenvalue weighted by Gasteiger charge is -2.15. The van der Waals surface area contributed by atoms with E-state index in [9.17, 15) is 4.79 Å². The standard InChI is InChI=1S/C18H16N2O/c1-20(14-17-9-7-16(13-19)8-10-17)18(21)12-11-15-5-3-2-4-6-15/h2-12H,14H2,1H3/b12-11+. The van der Waals surface area contributed by atoms with Gasteiger partial charge < -0.3 is 4.90 Å². The van der Waals surface area contributed by atoms with Gasteiger partial charge in [0.05, 0.1) is 11.6 Å². The molecule has 0 aliphatic heterocycles. The van der Waals surface area contributed by atoms with Crippen LogP contribution in [0.25, 0.3) is 6.08 Å². The number of rotatable bonds is 4. The van der Waals surface area contributed by atoms with Crippen LogP contribution in [0.1, 0.15) is 16.7 Å². The maximum absolute atomic E-state index is 12.0. The van der Waals surface area contributed by atoms with E-state index in [0.29, 0.717) is 12.1 Å². The lowest BCUT2D eigenvalue weighted by Crippen LogP contribution is -2.24. The van der Waals surface area contributed by atoms with E-state index in [1.807, 2.05) is 42.5 Å². The summed E-state index contributed by atoms with van der Waals surface area (Å²) in [6.45, 7) is 0.518. The van der Waals surface area contributed by atoms with E-state index in [4.69, 9.17) is 5.26 Å². The van der Waals surface area contributed by atoms with Crippen molar-refractivity contribution in [1.82, 2.24) is 4.90 Å². The van der Waals surface area contributed by atoms with Crippen molar-refractivity contribution in [2.24, 2.45) is 0 Å². The van der Waals surface area contributed by atoms with Crippen LogP contribution in [-0.4, -0.2) is 17.9 Å². The Balaban J connectivity index is 1.96. The van der Waals surface area contributed by atoms with Crippen LogP contribution >= 0.6 is 0 Å². The Bertz CT molecular complexity index is 667. The minimum absolute atomic E-state index is 0.0526. The van der Waals surface area contributed by atoms with Crippen molar-refractivity contribution in [1.29, 1.82) is 5.26 Å². The summed E-state index contributed by atoms with van der Waals surface area (Å²) in [5, 5.41) is 8.75. The van der Waals surface area contributed by atoms with Gasteiger partial charge in [-0.25, -0.2) is 0 Å². The highest BCUT2D eigenvalue weighted by Crippen LogP contribution is 2.07. The first kappa shape index (κ1) is 14.5. The van der Waals surface area contributed by atoms with Crippen molar-refractivity contribution >= 4 is 12.0 Å². The van der Waals surface area contributed by atoms with Crippen LogP contribution in [0.5, 0.6) is 0 Å². The zero-order valence-electron chi connectivity index (χ0n) is 11.9. The molecule has 2 aromatic rings. The molecule has 0 aliphatic rings. The first-order chi connectivity index (χ1) is 10.2. The molecule has 0 saturated carbocycles. The van der Waals surface area contributed by atoms with E-state index in [2.05, 4.69) is 6.07 Å². The molecule has 0 heterocycles. The molecule has 1 amide bonds. The van der Waals surface area contributed by atoms with Gasteiger partial charge >= 0.3 is 0 Å². The average Bonchev–Trinajstić information content (AvgIpc) is 2.54. The van der Waals surface area contributed by atoms with Gasteiger partial charge in [0, 0.05) is 19.7 Å². The Hall–Kier alpha value is -2.86. The molecule has 2 aromatic carbocycles. The van der Waals surface area contributed by atoms with Crippen LogP contribution < -0.4 is 0 Å². The Labute approximate surface area is 124 Å². The number of likely N-dealkylation sites (N-methyl/N-ethyl adjacent to an activating group) is 1. The fraction of sp³-hybridized carbons (Fsp3) is 0.111. The van der Waals surface area contributed by atoms with Crippen molar-refractivity contribution in [2.45, 2.75) is 6.54 Å². The Morgan fingerprint density at radius 2 is 1.81 bits per heavy atom. The van der Waals surface area contributed by atoms with E-state index in [-0.39, 0.29) is 5.91 Å². The second-order valence-corrected chi connectivity index (χ2v) is 4.75. The summed E-state index contributed by atoms with van der Waals surface area (Å²) in [4.78, 5) is 13.7. The number of benzene rings is 2. The first-order valence-corrected chi connectivity index (χ1v) is 6.66. The van der Waals surface area contributed by atoms with Crippen LogP contribution in [0, 0.1) is 11.3 Å². The molecule has 0 aromatic heterocycles. The van der Waals surface area contributed by atoms with E-state index in [1.54, 1.807) is 36.2 Å². The molecule has 0 unspecified atom stereocenters. The zero-order chi connectivity index (χ0) is 15.1. The third-order valence-corrected chi connectivity index (χ3v) is 3.10. The van der Waals surface area contributed by atoms with Gasteiger partial charge in [0.25, 0.3) is 0 Å². The average molecular weight is 276 g/mol. The Morgan fingerprint density at radius 1 is 1.14 bits per heavy atom. The zero-order valence-corrected chi connectivity index (χ0v) is 11.9.